The maximum atomic E-state index is 12.2. The Bertz CT molecular complexity index is 525. The number of halogens is 2. The second-order valence-electron chi connectivity index (χ2n) is 3.11. The molecule has 6 heteroatoms. The van der Waals surface area contributed by atoms with Gasteiger partial charge in [-0.1, -0.05) is 17.3 Å². The van der Waals surface area contributed by atoms with Crippen molar-refractivity contribution < 1.29 is 22.8 Å². The minimum absolute atomic E-state index is 0.0560. The van der Waals surface area contributed by atoms with E-state index in [9.17, 15) is 13.6 Å². The highest BCUT2D eigenvalue weighted by atomic mass is 19.3. The number of ether oxygens (including phenoxy) is 1. The number of carbonyl (C=O) groups excluding carboxylic acids is 1. The smallest absolute Gasteiger partial charge is 0.387 e. The van der Waals surface area contributed by atoms with E-state index in [1.54, 1.807) is 12.1 Å². The molecule has 0 amide bonds. The first-order valence-electron chi connectivity index (χ1n) is 4.66. The van der Waals surface area contributed by atoms with Gasteiger partial charge in [-0.25, -0.2) is 0 Å². The molecule has 2 rings (SSSR count). The summed E-state index contributed by atoms with van der Waals surface area (Å²) in [5, 5.41) is 3.59. The molecule has 0 aliphatic heterocycles. The van der Waals surface area contributed by atoms with Crippen LogP contribution in [0.3, 0.4) is 0 Å². The van der Waals surface area contributed by atoms with Crippen LogP contribution in [0.2, 0.25) is 0 Å². The summed E-state index contributed by atoms with van der Waals surface area (Å²) in [6, 6.07) is 6.05. The summed E-state index contributed by atoms with van der Waals surface area (Å²) >= 11 is 0. The molecule has 0 radical (unpaired) electrons. The van der Waals surface area contributed by atoms with Crippen molar-refractivity contribution in [3.63, 3.8) is 0 Å². The van der Waals surface area contributed by atoms with Crippen LogP contribution in [0.5, 0.6) is 5.75 Å². The fourth-order valence-corrected chi connectivity index (χ4v) is 1.39. The van der Waals surface area contributed by atoms with E-state index in [1.165, 1.54) is 12.1 Å². The zero-order valence-corrected chi connectivity index (χ0v) is 8.47. The van der Waals surface area contributed by atoms with Crippen LogP contribution in [-0.2, 0) is 0 Å². The van der Waals surface area contributed by atoms with Crippen LogP contribution < -0.4 is 4.74 Å². The van der Waals surface area contributed by atoms with Gasteiger partial charge in [0.2, 0.25) is 0 Å². The fraction of sp³-hybridized carbons (Fsp3) is 0.0909. The number of nitrogens with zero attached hydrogens (tertiary/aromatic N) is 1. The summed E-state index contributed by atoms with van der Waals surface area (Å²) in [4.78, 5) is 10.7. The molecule has 0 saturated carbocycles. The van der Waals surface area contributed by atoms with Crippen molar-refractivity contribution in [3.8, 4) is 17.0 Å². The van der Waals surface area contributed by atoms with E-state index >= 15 is 0 Å². The summed E-state index contributed by atoms with van der Waals surface area (Å²) < 4.78 is 33.3. The first kappa shape index (κ1) is 11.3. The predicted octanol–water partition coefficient (Wildman–Crippen LogP) is 2.76. The van der Waals surface area contributed by atoms with Crippen LogP contribution in [0.4, 0.5) is 8.78 Å². The number of aldehydes is 1. The Balaban J connectivity index is 2.48. The molecule has 0 aliphatic carbocycles. The summed E-state index contributed by atoms with van der Waals surface area (Å²) in [5.41, 5.74) is 0.634. The molecule has 0 spiro atoms. The Morgan fingerprint density at radius 1 is 1.35 bits per heavy atom. The number of rotatable bonds is 4. The largest absolute Gasteiger partial charge is 0.434 e. The molecule has 0 saturated heterocycles. The normalized spacial score (nSPS) is 10.5. The average Bonchev–Trinajstić information content (AvgIpc) is 2.77. The van der Waals surface area contributed by atoms with E-state index in [-0.39, 0.29) is 22.6 Å². The number of hydrogen-bond donors (Lipinski definition) is 0. The Morgan fingerprint density at radius 3 is 2.82 bits per heavy atom. The minimum atomic E-state index is -2.94. The van der Waals surface area contributed by atoms with Crippen LogP contribution in [-0.4, -0.2) is 18.1 Å². The summed E-state index contributed by atoms with van der Waals surface area (Å²) in [6.07, 6.45) is 1.67. The monoisotopic (exact) mass is 239 g/mol. The molecule has 0 bridgehead atoms. The highest BCUT2D eigenvalue weighted by Gasteiger charge is 2.16. The van der Waals surface area contributed by atoms with E-state index < -0.39 is 6.61 Å². The zero-order chi connectivity index (χ0) is 12.3. The molecule has 0 fully saturated rings. The minimum Gasteiger partial charge on any atom is -0.434 e. The number of hydrogen-bond acceptors (Lipinski definition) is 4. The maximum absolute atomic E-state index is 12.2. The van der Waals surface area contributed by atoms with E-state index in [4.69, 9.17) is 0 Å². The lowest BCUT2D eigenvalue weighted by Gasteiger charge is -2.08. The maximum Gasteiger partial charge on any atom is 0.387 e. The van der Waals surface area contributed by atoms with Gasteiger partial charge in [-0.2, -0.15) is 8.78 Å². The molecule has 4 nitrogen and oxygen atoms in total. The van der Waals surface area contributed by atoms with Crippen LogP contribution >= 0.6 is 0 Å². The molecular formula is C11H7F2NO3. The van der Waals surface area contributed by atoms with E-state index in [2.05, 4.69) is 14.4 Å². The Labute approximate surface area is 94.8 Å². The first-order valence-corrected chi connectivity index (χ1v) is 4.66. The quantitative estimate of drug-likeness (QED) is 0.770. The fourth-order valence-electron chi connectivity index (χ4n) is 1.39. The third-order valence-electron chi connectivity index (χ3n) is 2.08. The van der Waals surface area contributed by atoms with Crippen molar-refractivity contribution in [2.45, 2.75) is 6.61 Å². The van der Waals surface area contributed by atoms with Gasteiger partial charge < -0.3 is 9.26 Å². The molecule has 1 aromatic heterocycles. The molecule has 2 aromatic rings. The number of carbonyl (C=O) groups is 1. The SMILES string of the molecule is O=Cc1conc1-c1ccccc1OC(F)F. The van der Waals surface area contributed by atoms with Crippen molar-refractivity contribution in [1.82, 2.24) is 5.16 Å². The van der Waals surface area contributed by atoms with Crippen molar-refractivity contribution in [1.29, 1.82) is 0 Å². The highest BCUT2D eigenvalue weighted by Crippen LogP contribution is 2.31. The third kappa shape index (κ3) is 2.30. The molecule has 0 N–H and O–H groups in total. The lowest BCUT2D eigenvalue weighted by Crippen LogP contribution is -2.03. The summed E-state index contributed by atoms with van der Waals surface area (Å²) in [6.45, 7) is -2.94. The number of aromatic nitrogens is 1. The third-order valence-corrected chi connectivity index (χ3v) is 2.08. The summed E-state index contributed by atoms with van der Waals surface area (Å²) in [5.74, 6) is -0.0560. The lowest BCUT2D eigenvalue weighted by molar-refractivity contribution is -0.0494. The van der Waals surface area contributed by atoms with Crippen LogP contribution in [0.25, 0.3) is 11.3 Å². The molecule has 88 valence electrons. The zero-order valence-electron chi connectivity index (χ0n) is 8.47. The molecule has 0 aliphatic rings. The second-order valence-corrected chi connectivity index (χ2v) is 3.11. The van der Waals surface area contributed by atoms with Crippen molar-refractivity contribution in [2.75, 3.05) is 0 Å². The molecule has 0 atom stereocenters. The number of alkyl halides is 2. The standard InChI is InChI=1S/C11H7F2NO3/c12-11(13)17-9-4-2-1-3-8(9)10-7(5-15)6-16-14-10/h1-6,11H. The molecule has 0 unspecified atom stereocenters. The molecular weight excluding hydrogens is 232 g/mol. The van der Waals surface area contributed by atoms with Gasteiger partial charge in [0, 0.05) is 5.56 Å². The summed E-state index contributed by atoms with van der Waals surface area (Å²) in [7, 11) is 0. The Morgan fingerprint density at radius 2 is 2.12 bits per heavy atom. The molecule has 1 heterocycles. The predicted molar refractivity (Wildman–Crippen MR) is 54.0 cm³/mol. The Kier molecular flexibility index (Phi) is 3.13. The van der Waals surface area contributed by atoms with E-state index in [1.807, 2.05) is 0 Å². The van der Waals surface area contributed by atoms with Crippen molar-refractivity contribution in [3.05, 3.63) is 36.1 Å². The van der Waals surface area contributed by atoms with Crippen LogP contribution in [0.15, 0.2) is 35.1 Å². The second kappa shape index (κ2) is 4.73. The van der Waals surface area contributed by atoms with Gasteiger partial charge in [0.05, 0.1) is 5.56 Å². The van der Waals surface area contributed by atoms with Crippen molar-refractivity contribution >= 4 is 6.29 Å². The topological polar surface area (TPSA) is 52.3 Å². The van der Waals surface area contributed by atoms with Gasteiger partial charge in [-0.3, -0.25) is 4.79 Å². The van der Waals surface area contributed by atoms with Gasteiger partial charge in [-0.15, -0.1) is 0 Å². The molecule has 17 heavy (non-hydrogen) atoms. The number of benzene rings is 1. The van der Waals surface area contributed by atoms with Gasteiger partial charge in [0.15, 0.2) is 6.29 Å². The highest BCUT2D eigenvalue weighted by molar-refractivity contribution is 5.86. The first-order chi connectivity index (χ1) is 8.22. The van der Waals surface area contributed by atoms with Crippen LogP contribution in [0, 0.1) is 0 Å². The lowest BCUT2D eigenvalue weighted by atomic mass is 10.1. The van der Waals surface area contributed by atoms with Gasteiger partial charge in [0.25, 0.3) is 0 Å². The van der Waals surface area contributed by atoms with E-state index in [0.29, 0.717) is 6.29 Å². The van der Waals surface area contributed by atoms with Gasteiger partial charge in [-0.05, 0) is 12.1 Å². The Hall–Kier alpha value is -2.24. The van der Waals surface area contributed by atoms with Crippen LogP contribution in [0.1, 0.15) is 10.4 Å². The van der Waals surface area contributed by atoms with Gasteiger partial charge in [0.1, 0.15) is 17.7 Å². The van der Waals surface area contributed by atoms with E-state index in [0.717, 1.165) is 6.26 Å². The average molecular weight is 239 g/mol. The molecule has 1 aromatic carbocycles. The van der Waals surface area contributed by atoms with Gasteiger partial charge >= 0.3 is 6.61 Å². The van der Waals surface area contributed by atoms with Crippen molar-refractivity contribution in [2.24, 2.45) is 0 Å². The number of para-hydroxylation sites is 1.